The zero-order chi connectivity index (χ0) is 39.2. The quantitative estimate of drug-likeness (QED) is 0.138. The van der Waals surface area contributed by atoms with Crippen LogP contribution in [0.3, 0.4) is 0 Å². The molecule has 5 heteroatoms. The van der Waals surface area contributed by atoms with Crippen molar-refractivity contribution in [3.63, 3.8) is 0 Å². The van der Waals surface area contributed by atoms with Crippen LogP contribution in [0.25, 0.3) is 89.0 Å². The van der Waals surface area contributed by atoms with Crippen molar-refractivity contribution in [2.45, 2.75) is 13.8 Å². The lowest BCUT2D eigenvalue weighted by molar-refractivity contribution is 0.486. The first kappa shape index (κ1) is 35.0. The Morgan fingerprint density at radius 2 is 1.36 bits per heavy atom. The van der Waals surface area contributed by atoms with Crippen molar-refractivity contribution in [3.05, 3.63) is 194 Å². The molecule has 0 aliphatic carbocycles. The number of nitrogens with zero attached hydrogens (tertiary/aromatic N) is 4. The van der Waals surface area contributed by atoms with E-state index < -0.39 is 0 Å². The summed E-state index contributed by atoms with van der Waals surface area (Å²) in [5.41, 5.74) is 10.6. The fourth-order valence-electron chi connectivity index (χ4n) is 8.46. The Balaban J connectivity index is 1.12. The first-order valence-corrected chi connectivity index (χ1v) is 19.7. The highest BCUT2D eigenvalue weighted by Crippen LogP contribution is 2.46. The molecule has 1 atom stereocenters. The summed E-state index contributed by atoms with van der Waals surface area (Å²) in [5.74, 6) is 2.27. The van der Waals surface area contributed by atoms with E-state index in [4.69, 9.17) is 14.7 Å². The van der Waals surface area contributed by atoms with Gasteiger partial charge in [-0.3, -0.25) is 4.57 Å². The zero-order valence-electron chi connectivity index (χ0n) is 32.4. The summed E-state index contributed by atoms with van der Waals surface area (Å²) in [4.78, 5) is 10.5. The summed E-state index contributed by atoms with van der Waals surface area (Å²) < 4.78 is 10.8. The summed E-state index contributed by atoms with van der Waals surface area (Å²) in [6.07, 6.45) is 21.1. The Hall–Kier alpha value is -7.50. The summed E-state index contributed by atoms with van der Waals surface area (Å²) in [7, 11) is 0. The number of hydrogen-bond donors (Lipinski definition) is 0. The first-order valence-electron chi connectivity index (χ1n) is 19.7. The highest BCUT2D eigenvalue weighted by Gasteiger charge is 2.24. The standard InChI is InChI=1S/C53H40N4O/c1-4-7-8-18-36(35(16-5-2)17-6-3)31-32-56-45-23-12-9-19-39(45)41-29-27-38(34-48(41)56)37-28-30-47-43(33-37)40-20-10-13-24-46(40)57(47)53-54-44-22-15-26-50-51(44)52(55-53)42-21-11-14-25-49(42)58-50/h4-34,36H,2H2,1,3H3/b7-4-,17-6-,18-8-,32-31+,35-16+. The molecule has 0 radical (unpaired) electrons. The van der Waals surface area contributed by atoms with Gasteiger partial charge < -0.3 is 9.30 Å². The van der Waals surface area contributed by atoms with Gasteiger partial charge >= 0.3 is 0 Å². The van der Waals surface area contributed by atoms with E-state index in [0.717, 1.165) is 77.6 Å². The monoisotopic (exact) mass is 748 g/mol. The molecule has 1 aliphatic rings. The van der Waals surface area contributed by atoms with Crippen molar-refractivity contribution in [1.82, 2.24) is 19.1 Å². The van der Waals surface area contributed by atoms with Gasteiger partial charge in [-0.1, -0.05) is 134 Å². The molecule has 0 spiro atoms. The van der Waals surface area contributed by atoms with Crippen LogP contribution in [0.1, 0.15) is 13.8 Å². The van der Waals surface area contributed by atoms with Gasteiger partial charge in [-0.05, 0) is 85.1 Å². The third-order valence-electron chi connectivity index (χ3n) is 11.1. The largest absolute Gasteiger partial charge is 0.456 e. The molecule has 6 aromatic carbocycles. The summed E-state index contributed by atoms with van der Waals surface area (Å²) in [5, 5.41) is 5.66. The predicted molar refractivity (Wildman–Crippen MR) is 244 cm³/mol. The Morgan fingerprint density at radius 1 is 0.638 bits per heavy atom. The Morgan fingerprint density at radius 3 is 2.21 bits per heavy atom. The van der Waals surface area contributed by atoms with Gasteiger partial charge in [0.25, 0.3) is 0 Å². The lowest BCUT2D eigenvalue weighted by Crippen LogP contribution is -2.06. The Kier molecular flexibility index (Phi) is 8.76. The van der Waals surface area contributed by atoms with Crippen molar-refractivity contribution in [3.8, 4) is 39.8 Å². The smallest absolute Gasteiger partial charge is 0.235 e. The number of fused-ring (bicyclic) bond motifs is 8. The van der Waals surface area contributed by atoms with E-state index in [0.29, 0.717) is 5.95 Å². The second kappa shape index (κ2) is 14.5. The molecule has 10 rings (SSSR count). The predicted octanol–water partition coefficient (Wildman–Crippen LogP) is 14.2. The first-order chi connectivity index (χ1) is 28.6. The van der Waals surface area contributed by atoms with E-state index in [1.165, 1.54) is 16.3 Å². The van der Waals surface area contributed by atoms with Crippen LogP contribution in [0.15, 0.2) is 194 Å². The van der Waals surface area contributed by atoms with Crippen LogP contribution < -0.4 is 4.74 Å². The topological polar surface area (TPSA) is 44.9 Å². The average molecular weight is 749 g/mol. The minimum absolute atomic E-state index is 0.0557. The van der Waals surface area contributed by atoms with Gasteiger partial charge in [0.2, 0.25) is 5.95 Å². The molecule has 0 saturated carbocycles. The molecular formula is C53H40N4O. The molecule has 0 amide bonds. The Bertz CT molecular complexity index is 3260. The maximum atomic E-state index is 6.29. The van der Waals surface area contributed by atoms with Gasteiger partial charge in [-0.25, -0.2) is 9.97 Å². The summed E-state index contributed by atoms with van der Waals surface area (Å²) in [6, 6.07) is 44.9. The highest BCUT2D eigenvalue weighted by molar-refractivity contribution is 6.12. The third-order valence-corrected chi connectivity index (χ3v) is 11.1. The molecule has 0 saturated heterocycles. The van der Waals surface area contributed by atoms with Crippen LogP contribution in [0, 0.1) is 5.92 Å². The highest BCUT2D eigenvalue weighted by atomic mass is 16.5. The molecule has 9 aromatic rings. The van der Waals surface area contributed by atoms with Crippen LogP contribution in [0.2, 0.25) is 0 Å². The molecule has 0 fully saturated rings. The molecule has 3 aromatic heterocycles. The van der Waals surface area contributed by atoms with Crippen molar-refractivity contribution in [2.75, 3.05) is 0 Å². The number of ether oxygens (including phenoxy) is 1. The number of hydrogen-bond acceptors (Lipinski definition) is 3. The number of para-hydroxylation sites is 3. The van der Waals surface area contributed by atoms with Crippen LogP contribution in [-0.4, -0.2) is 19.1 Å². The molecule has 1 unspecified atom stereocenters. The van der Waals surface area contributed by atoms with Crippen molar-refractivity contribution < 1.29 is 4.74 Å². The van der Waals surface area contributed by atoms with Crippen molar-refractivity contribution >= 4 is 60.7 Å². The van der Waals surface area contributed by atoms with Gasteiger partial charge in [0.15, 0.2) is 0 Å². The summed E-state index contributed by atoms with van der Waals surface area (Å²) >= 11 is 0. The number of allylic oxidation sites excluding steroid dienone is 10. The fourth-order valence-corrected chi connectivity index (χ4v) is 8.46. The second-order valence-electron chi connectivity index (χ2n) is 14.5. The van der Waals surface area contributed by atoms with Gasteiger partial charge in [-0.2, -0.15) is 0 Å². The van der Waals surface area contributed by atoms with Crippen molar-refractivity contribution in [1.29, 1.82) is 0 Å². The lowest BCUT2D eigenvalue weighted by Gasteiger charge is -2.20. The van der Waals surface area contributed by atoms with Crippen LogP contribution in [-0.2, 0) is 0 Å². The second-order valence-corrected chi connectivity index (χ2v) is 14.5. The molecule has 0 bridgehead atoms. The number of benzene rings is 6. The molecule has 1 aliphatic heterocycles. The molecular weight excluding hydrogens is 709 g/mol. The fraction of sp³-hybridized carbons (Fsp3) is 0.0566. The molecule has 4 heterocycles. The maximum absolute atomic E-state index is 6.29. The average Bonchev–Trinajstić information content (AvgIpc) is 3.76. The number of rotatable bonds is 9. The van der Waals surface area contributed by atoms with E-state index in [1.807, 2.05) is 62.4 Å². The summed E-state index contributed by atoms with van der Waals surface area (Å²) in [6.45, 7) is 8.07. The number of aromatic nitrogens is 4. The zero-order valence-corrected chi connectivity index (χ0v) is 32.4. The van der Waals surface area contributed by atoms with Gasteiger partial charge in [-0.15, -0.1) is 0 Å². The van der Waals surface area contributed by atoms with E-state index in [2.05, 4.69) is 155 Å². The van der Waals surface area contributed by atoms with Gasteiger partial charge in [0.05, 0.1) is 38.7 Å². The molecule has 58 heavy (non-hydrogen) atoms. The van der Waals surface area contributed by atoms with Gasteiger partial charge in [0.1, 0.15) is 11.5 Å². The Labute approximate surface area is 337 Å². The van der Waals surface area contributed by atoms with Crippen molar-refractivity contribution in [2.24, 2.45) is 5.92 Å². The normalized spacial score (nSPS) is 13.7. The minimum Gasteiger partial charge on any atom is -0.456 e. The minimum atomic E-state index is 0.0557. The van der Waals surface area contributed by atoms with E-state index in [-0.39, 0.29) is 5.92 Å². The van der Waals surface area contributed by atoms with E-state index >= 15 is 0 Å². The molecule has 5 nitrogen and oxygen atoms in total. The van der Waals surface area contributed by atoms with Crippen LogP contribution in [0.4, 0.5) is 0 Å². The van der Waals surface area contributed by atoms with E-state index in [9.17, 15) is 0 Å². The van der Waals surface area contributed by atoms with Crippen LogP contribution >= 0.6 is 0 Å². The van der Waals surface area contributed by atoms with E-state index in [1.54, 1.807) is 0 Å². The third kappa shape index (κ3) is 5.79. The molecule has 0 N–H and O–H groups in total. The van der Waals surface area contributed by atoms with Crippen LogP contribution in [0.5, 0.6) is 11.5 Å². The molecule has 278 valence electrons. The SMILES string of the molecule is C=C/C=C(\C=C/C)C(/C=C\C=C/C)/C=C/n1c2ccccc2c2ccc(-c3ccc4c(c3)c3ccccc3n4-c3nc4c5c(cccc5n3)Oc3ccccc3-4)cc21. The van der Waals surface area contributed by atoms with Gasteiger partial charge in [0, 0.05) is 39.2 Å². The maximum Gasteiger partial charge on any atom is 0.235 e. The lowest BCUT2D eigenvalue weighted by atomic mass is 9.97.